The topological polar surface area (TPSA) is 79.3 Å². The Balaban J connectivity index is 1.95. The zero-order valence-electron chi connectivity index (χ0n) is 13.5. The average Bonchev–Trinajstić information content (AvgIpc) is 2.60. The normalized spacial score (nSPS) is 10.7. The van der Waals surface area contributed by atoms with Crippen LogP contribution in [0.2, 0.25) is 0 Å². The maximum absolute atomic E-state index is 14.4. The number of carboxylic acid groups (broad SMARTS) is 1. The predicted octanol–water partition coefficient (Wildman–Crippen LogP) is 3.55. The molecule has 0 atom stereocenters. The first kappa shape index (κ1) is 17.5. The van der Waals surface area contributed by atoms with Crippen LogP contribution in [-0.2, 0) is 6.42 Å². The summed E-state index contributed by atoms with van der Waals surface area (Å²) in [5.41, 5.74) is -0.195. The third kappa shape index (κ3) is 3.51. The Bertz CT molecular complexity index is 977. The Morgan fingerprint density at radius 1 is 1.12 bits per heavy atom. The van der Waals surface area contributed by atoms with E-state index in [2.05, 4.69) is 10.3 Å². The van der Waals surface area contributed by atoms with Crippen molar-refractivity contribution < 1.29 is 23.5 Å². The van der Waals surface area contributed by atoms with Crippen LogP contribution in [0, 0.1) is 11.6 Å². The molecule has 7 heteroatoms. The second-order valence-corrected chi connectivity index (χ2v) is 5.65. The number of carbonyl (C=O) groups excluding carboxylic acids is 1. The highest BCUT2D eigenvalue weighted by atomic mass is 19.1. The Morgan fingerprint density at radius 3 is 2.54 bits per heavy atom. The van der Waals surface area contributed by atoms with E-state index in [4.69, 9.17) is 5.11 Å². The van der Waals surface area contributed by atoms with Gasteiger partial charge in [-0.3, -0.25) is 9.78 Å². The highest BCUT2D eigenvalue weighted by molar-refractivity contribution is 6.16. The molecular weight excluding hydrogens is 342 g/mol. The first-order chi connectivity index (χ1) is 12.5. The van der Waals surface area contributed by atoms with Gasteiger partial charge >= 0.3 is 6.09 Å². The fourth-order valence-corrected chi connectivity index (χ4v) is 2.76. The van der Waals surface area contributed by atoms with Gasteiger partial charge in [0.1, 0.15) is 11.6 Å². The summed E-state index contributed by atoms with van der Waals surface area (Å²) in [5, 5.41) is 11.9. The molecule has 1 aromatic heterocycles. The molecule has 0 fully saturated rings. The van der Waals surface area contributed by atoms with Crippen LogP contribution in [0.5, 0.6) is 0 Å². The fourth-order valence-electron chi connectivity index (χ4n) is 2.76. The van der Waals surface area contributed by atoms with Gasteiger partial charge in [-0.25, -0.2) is 13.6 Å². The largest absolute Gasteiger partial charge is 0.465 e. The van der Waals surface area contributed by atoms with Gasteiger partial charge in [0, 0.05) is 29.9 Å². The van der Waals surface area contributed by atoms with E-state index in [1.165, 1.54) is 12.3 Å². The van der Waals surface area contributed by atoms with Crippen LogP contribution in [-0.4, -0.2) is 28.5 Å². The van der Waals surface area contributed by atoms with Crippen molar-refractivity contribution >= 4 is 22.6 Å². The van der Waals surface area contributed by atoms with Crippen molar-refractivity contribution in [3.8, 4) is 0 Å². The molecule has 5 nitrogen and oxygen atoms in total. The molecule has 0 spiro atoms. The fraction of sp³-hybridized carbons (Fsp3) is 0.105. The minimum absolute atomic E-state index is 0.0117. The van der Waals surface area contributed by atoms with Crippen molar-refractivity contribution in [2.75, 3.05) is 6.54 Å². The summed E-state index contributed by atoms with van der Waals surface area (Å²) < 4.78 is 28.8. The Morgan fingerprint density at radius 2 is 1.85 bits per heavy atom. The molecular formula is C19H14F2N2O3. The summed E-state index contributed by atoms with van der Waals surface area (Å²) in [6, 6.07) is 8.60. The monoisotopic (exact) mass is 356 g/mol. The Kier molecular flexibility index (Phi) is 4.88. The summed E-state index contributed by atoms with van der Waals surface area (Å²) >= 11 is 0. The summed E-state index contributed by atoms with van der Waals surface area (Å²) in [7, 11) is 0. The zero-order valence-corrected chi connectivity index (χ0v) is 13.5. The number of nitrogens with one attached hydrogen (secondary N) is 1. The Hall–Kier alpha value is -3.35. The number of aromatic nitrogens is 1. The van der Waals surface area contributed by atoms with Gasteiger partial charge < -0.3 is 10.4 Å². The van der Waals surface area contributed by atoms with Gasteiger partial charge in [0.25, 0.3) is 0 Å². The molecule has 2 N–H and O–H groups in total. The summed E-state index contributed by atoms with van der Waals surface area (Å²) in [4.78, 5) is 27.1. The quantitative estimate of drug-likeness (QED) is 0.685. The molecule has 26 heavy (non-hydrogen) atoms. The number of pyridine rings is 1. The minimum atomic E-state index is -1.22. The third-order valence-electron chi connectivity index (χ3n) is 3.94. The summed E-state index contributed by atoms with van der Waals surface area (Å²) in [5.74, 6) is -2.72. The van der Waals surface area contributed by atoms with Gasteiger partial charge in [-0.1, -0.05) is 18.2 Å². The van der Waals surface area contributed by atoms with Crippen molar-refractivity contribution in [2.24, 2.45) is 0 Å². The van der Waals surface area contributed by atoms with E-state index in [1.54, 1.807) is 24.4 Å². The molecule has 0 radical (unpaired) electrons. The number of rotatable bonds is 5. The van der Waals surface area contributed by atoms with Gasteiger partial charge in [-0.2, -0.15) is 0 Å². The van der Waals surface area contributed by atoms with Crippen LogP contribution in [0.4, 0.5) is 13.6 Å². The van der Waals surface area contributed by atoms with Gasteiger partial charge in [0.2, 0.25) is 0 Å². The van der Waals surface area contributed by atoms with E-state index < -0.39 is 29.1 Å². The molecule has 0 aliphatic heterocycles. The molecule has 1 heterocycles. The summed E-state index contributed by atoms with van der Waals surface area (Å²) in [6.45, 7) is 0.0117. The molecule has 1 amide bonds. The van der Waals surface area contributed by atoms with Crippen molar-refractivity contribution in [1.82, 2.24) is 10.3 Å². The number of ketones is 1. The van der Waals surface area contributed by atoms with Gasteiger partial charge in [-0.15, -0.1) is 0 Å². The van der Waals surface area contributed by atoms with Gasteiger partial charge in [-0.05, 0) is 35.6 Å². The second-order valence-electron chi connectivity index (χ2n) is 5.65. The second kappa shape index (κ2) is 7.26. The number of carbonyl (C=O) groups is 2. The number of amides is 1. The van der Waals surface area contributed by atoms with E-state index in [9.17, 15) is 18.4 Å². The lowest BCUT2D eigenvalue weighted by atomic mass is 9.96. The van der Waals surface area contributed by atoms with Crippen molar-refractivity contribution in [3.05, 3.63) is 77.1 Å². The maximum atomic E-state index is 14.4. The molecule has 0 unspecified atom stereocenters. The molecule has 3 rings (SSSR count). The van der Waals surface area contributed by atoms with Crippen molar-refractivity contribution in [2.45, 2.75) is 6.42 Å². The Labute approximate surface area is 147 Å². The standard InChI is InChI=1S/C19H14F2N2O3/c20-15-8-11(4-7-23-19(25)26)9-16(21)17(15)18(24)14-3-1-2-12-10-22-6-5-13(12)14/h1-3,5-6,8-10,23H,4,7H2,(H,25,26). The smallest absolute Gasteiger partial charge is 0.404 e. The lowest BCUT2D eigenvalue weighted by Crippen LogP contribution is -2.23. The van der Waals surface area contributed by atoms with Gasteiger partial charge in [0.05, 0.1) is 5.56 Å². The van der Waals surface area contributed by atoms with E-state index in [-0.39, 0.29) is 24.1 Å². The number of hydrogen-bond donors (Lipinski definition) is 2. The molecule has 0 saturated heterocycles. The highest BCUT2D eigenvalue weighted by Crippen LogP contribution is 2.24. The molecule has 3 aromatic rings. The van der Waals surface area contributed by atoms with Gasteiger partial charge in [0.15, 0.2) is 5.78 Å². The number of hydrogen-bond acceptors (Lipinski definition) is 3. The molecule has 0 bridgehead atoms. The van der Waals surface area contributed by atoms with E-state index in [1.807, 2.05) is 0 Å². The molecule has 0 aliphatic carbocycles. The number of benzene rings is 2. The van der Waals surface area contributed by atoms with Crippen molar-refractivity contribution in [3.63, 3.8) is 0 Å². The molecule has 0 aliphatic rings. The predicted molar refractivity (Wildman–Crippen MR) is 91.3 cm³/mol. The number of nitrogens with zero attached hydrogens (tertiary/aromatic N) is 1. The lowest BCUT2D eigenvalue weighted by Gasteiger charge is -2.10. The van der Waals surface area contributed by atoms with E-state index in [0.717, 1.165) is 12.1 Å². The van der Waals surface area contributed by atoms with Crippen LogP contribution >= 0.6 is 0 Å². The summed E-state index contributed by atoms with van der Waals surface area (Å²) in [6.07, 6.45) is 1.96. The van der Waals surface area contributed by atoms with Crippen LogP contribution in [0.25, 0.3) is 10.8 Å². The molecule has 132 valence electrons. The lowest BCUT2D eigenvalue weighted by molar-refractivity contribution is 0.103. The SMILES string of the molecule is O=C(O)NCCc1cc(F)c(C(=O)c2cccc3cnccc23)c(F)c1. The molecule has 0 saturated carbocycles. The van der Waals surface area contributed by atoms with Crippen LogP contribution in [0.15, 0.2) is 48.8 Å². The zero-order chi connectivity index (χ0) is 18.7. The number of halogens is 2. The minimum Gasteiger partial charge on any atom is -0.465 e. The number of fused-ring (bicyclic) bond motifs is 1. The van der Waals surface area contributed by atoms with Crippen LogP contribution < -0.4 is 5.32 Å². The van der Waals surface area contributed by atoms with Crippen LogP contribution in [0.3, 0.4) is 0 Å². The van der Waals surface area contributed by atoms with Crippen molar-refractivity contribution in [1.29, 1.82) is 0 Å². The van der Waals surface area contributed by atoms with E-state index in [0.29, 0.717) is 10.8 Å². The third-order valence-corrected chi connectivity index (χ3v) is 3.94. The highest BCUT2D eigenvalue weighted by Gasteiger charge is 2.21. The maximum Gasteiger partial charge on any atom is 0.404 e. The first-order valence-corrected chi connectivity index (χ1v) is 7.79. The van der Waals surface area contributed by atoms with E-state index >= 15 is 0 Å². The van der Waals surface area contributed by atoms with Crippen LogP contribution in [0.1, 0.15) is 21.5 Å². The molecule has 2 aromatic carbocycles. The first-order valence-electron chi connectivity index (χ1n) is 7.79. The average molecular weight is 356 g/mol.